The van der Waals surface area contributed by atoms with Crippen LogP contribution in [0.3, 0.4) is 0 Å². The number of aliphatic imine (C=N–C) groups is 1. The lowest BCUT2D eigenvalue weighted by atomic mass is 10.1. The number of rotatable bonds is 12. The van der Waals surface area contributed by atoms with Crippen molar-refractivity contribution in [3.05, 3.63) is 126 Å². The number of nitrogens with one attached hydrogen (secondary N) is 5. The Morgan fingerprint density at radius 2 is 1.52 bits per heavy atom. The quantitative estimate of drug-likeness (QED) is 0.0757. The van der Waals surface area contributed by atoms with Gasteiger partial charge in [0.2, 0.25) is 11.8 Å². The number of halogens is 3. The van der Waals surface area contributed by atoms with Gasteiger partial charge in [-0.15, -0.1) is 0 Å². The van der Waals surface area contributed by atoms with E-state index < -0.39 is 23.6 Å². The molecule has 0 aliphatic heterocycles. The third-order valence-corrected chi connectivity index (χ3v) is 6.12. The van der Waals surface area contributed by atoms with E-state index in [4.69, 9.17) is 0 Å². The zero-order valence-electron chi connectivity index (χ0n) is 28.7. The normalized spacial score (nSPS) is 10.7. The molecule has 3 amide bonds. The SMILES string of the molecule is C=CC(=O)NCC(=O)Nc1cccc(NC(=C)/N=C\C(=C/C)NC)c1.CCC.Cc1ccc(NC(=O)c2cccc(C(F)(F)F)c2)cc1C=O. The van der Waals surface area contributed by atoms with Crippen LogP contribution in [0.4, 0.5) is 30.2 Å². The second-order valence-corrected chi connectivity index (χ2v) is 10.3. The molecule has 0 aromatic heterocycles. The zero-order chi connectivity index (χ0) is 37.7. The second kappa shape index (κ2) is 21.8. The topological polar surface area (TPSA) is 141 Å². The van der Waals surface area contributed by atoms with Crippen LogP contribution in [0.5, 0.6) is 0 Å². The maximum Gasteiger partial charge on any atom is 0.416 e. The lowest BCUT2D eigenvalue weighted by Gasteiger charge is -2.10. The first-order chi connectivity index (χ1) is 23.7. The molecule has 0 aliphatic rings. The van der Waals surface area contributed by atoms with Crippen LogP contribution in [0.25, 0.3) is 0 Å². The summed E-state index contributed by atoms with van der Waals surface area (Å²) in [5.41, 5.74) is 2.67. The van der Waals surface area contributed by atoms with E-state index in [2.05, 4.69) is 58.6 Å². The lowest BCUT2D eigenvalue weighted by molar-refractivity contribution is -0.137. The van der Waals surface area contributed by atoms with Gasteiger partial charge in [-0.2, -0.15) is 13.2 Å². The van der Waals surface area contributed by atoms with Gasteiger partial charge in [0.25, 0.3) is 5.91 Å². The van der Waals surface area contributed by atoms with Gasteiger partial charge in [-0.3, -0.25) is 19.2 Å². The van der Waals surface area contributed by atoms with Crippen LogP contribution in [0.1, 0.15) is 59.0 Å². The van der Waals surface area contributed by atoms with Gasteiger partial charge in [0.15, 0.2) is 0 Å². The van der Waals surface area contributed by atoms with E-state index in [-0.39, 0.29) is 18.0 Å². The smallest absolute Gasteiger partial charge is 0.387 e. The van der Waals surface area contributed by atoms with E-state index in [1.54, 1.807) is 50.5 Å². The van der Waals surface area contributed by atoms with Crippen molar-refractivity contribution in [2.75, 3.05) is 29.5 Å². The predicted octanol–water partition coefficient (Wildman–Crippen LogP) is 7.50. The van der Waals surface area contributed by atoms with Crippen molar-refractivity contribution in [1.29, 1.82) is 0 Å². The van der Waals surface area contributed by atoms with Gasteiger partial charge in [0.1, 0.15) is 12.1 Å². The Morgan fingerprint density at radius 3 is 2.10 bits per heavy atom. The molecular weight excluding hydrogens is 649 g/mol. The third kappa shape index (κ3) is 15.7. The summed E-state index contributed by atoms with van der Waals surface area (Å²) in [7, 11) is 1.81. The first-order valence-corrected chi connectivity index (χ1v) is 15.4. The molecule has 0 saturated heterocycles. The number of amides is 3. The van der Waals surface area contributed by atoms with Crippen LogP contribution in [0.15, 0.2) is 109 Å². The number of aldehydes is 1. The highest BCUT2D eigenvalue weighted by Crippen LogP contribution is 2.29. The van der Waals surface area contributed by atoms with Crippen LogP contribution >= 0.6 is 0 Å². The minimum Gasteiger partial charge on any atom is -0.387 e. The van der Waals surface area contributed by atoms with E-state index in [1.165, 1.54) is 24.6 Å². The minimum atomic E-state index is -4.51. The summed E-state index contributed by atoms with van der Waals surface area (Å²) in [4.78, 5) is 49.9. The maximum atomic E-state index is 12.6. The van der Waals surface area contributed by atoms with Crippen molar-refractivity contribution in [2.45, 2.75) is 40.3 Å². The molecule has 0 bridgehead atoms. The summed E-state index contributed by atoms with van der Waals surface area (Å²) in [5, 5.41) is 13.6. The van der Waals surface area contributed by atoms with Crippen LogP contribution in [0, 0.1) is 6.92 Å². The van der Waals surface area contributed by atoms with Crippen molar-refractivity contribution in [3.63, 3.8) is 0 Å². The van der Waals surface area contributed by atoms with Crippen molar-refractivity contribution in [2.24, 2.45) is 4.99 Å². The Bertz CT molecular complexity index is 1700. The number of aryl methyl sites for hydroxylation is 1. The average Bonchev–Trinajstić information content (AvgIpc) is 3.09. The molecule has 50 heavy (non-hydrogen) atoms. The van der Waals surface area contributed by atoms with Gasteiger partial charge in [-0.25, -0.2) is 4.99 Å². The molecule has 3 aromatic carbocycles. The van der Waals surface area contributed by atoms with Crippen LogP contribution in [-0.4, -0.2) is 43.8 Å². The van der Waals surface area contributed by atoms with E-state index in [9.17, 15) is 32.3 Å². The number of nitrogens with zero attached hydrogens (tertiary/aromatic N) is 1. The van der Waals surface area contributed by atoms with Crippen molar-refractivity contribution < 1.29 is 32.3 Å². The Hall–Kier alpha value is -5.98. The highest BCUT2D eigenvalue weighted by atomic mass is 19.4. The third-order valence-electron chi connectivity index (χ3n) is 6.12. The van der Waals surface area contributed by atoms with Gasteiger partial charge in [0.05, 0.1) is 18.3 Å². The highest BCUT2D eigenvalue weighted by Gasteiger charge is 2.30. The summed E-state index contributed by atoms with van der Waals surface area (Å²) in [6, 6.07) is 15.9. The van der Waals surface area contributed by atoms with E-state index in [1.807, 2.05) is 19.1 Å². The molecule has 0 spiro atoms. The molecule has 266 valence electrons. The second-order valence-electron chi connectivity index (χ2n) is 10.3. The van der Waals surface area contributed by atoms with Gasteiger partial charge in [0, 0.05) is 40.9 Å². The molecule has 0 atom stereocenters. The van der Waals surface area contributed by atoms with Crippen molar-refractivity contribution in [1.82, 2.24) is 10.6 Å². The summed E-state index contributed by atoms with van der Waals surface area (Å²) in [6.45, 7) is 14.9. The Kier molecular flexibility index (Phi) is 18.3. The highest BCUT2D eigenvalue weighted by molar-refractivity contribution is 6.04. The standard InChI is InChI=1S/C18H23N5O2.C16H12F3NO2.C3H8/c1-5-14(19-4)11-20-13(3)22-15-8-7-9-16(10-15)23-18(25)12-21-17(24)6-2;1-10-5-6-14(8-12(10)9-21)20-15(22)11-3-2-4-13(7-11)16(17,18)19;1-3-2/h5-11,19,22H,2-3,12H2,1,4H3,(H,21,24)(H,23,25);2-9H,1H3,(H,20,22);3H2,1-2H3/b14-5+,20-11-;;. The van der Waals surface area contributed by atoms with Gasteiger partial charge < -0.3 is 26.6 Å². The summed E-state index contributed by atoms with van der Waals surface area (Å²) < 4.78 is 37.9. The summed E-state index contributed by atoms with van der Waals surface area (Å²) in [6.07, 6.45) is 2.04. The number of carbonyl (C=O) groups is 4. The van der Waals surface area contributed by atoms with Crippen molar-refractivity contribution >= 4 is 47.3 Å². The molecule has 5 N–H and O–H groups in total. The molecule has 0 radical (unpaired) electrons. The average molecular weight is 693 g/mol. The fourth-order valence-corrected chi connectivity index (χ4v) is 3.63. The number of hydrogen-bond acceptors (Lipinski definition) is 7. The van der Waals surface area contributed by atoms with Gasteiger partial charge in [-0.1, -0.05) is 57.7 Å². The molecule has 3 rings (SSSR count). The number of hydrogen-bond donors (Lipinski definition) is 5. The van der Waals surface area contributed by atoms with Crippen LogP contribution in [0.2, 0.25) is 0 Å². The van der Waals surface area contributed by atoms with Gasteiger partial charge in [-0.05, 0) is 74.0 Å². The molecule has 0 heterocycles. The zero-order valence-corrected chi connectivity index (χ0v) is 28.7. The fraction of sp³-hybridized carbons (Fsp3) is 0.216. The molecule has 0 aliphatic carbocycles. The predicted molar refractivity (Wildman–Crippen MR) is 194 cm³/mol. The Morgan fingerprint density at radius 1 is 0.900 bits per heavy atom. The first kappa shape index (κ1) is 42.0. The number of carbonyl (C=O) groups excluding carboxylic acids is 4. The Balaban J connectivity index is 0.000000466. The van der Waals surface area contributed by atoms with E-state index in [0.717, 1.165) is 35.2 Å². The van der Waals surface area contributed by atoms with Crippen LogP contribution in [-0.2, 0) is 15.8 Å². The fourth-order valence-electron chi connectivity index (χ4n) is 3.63. The molecule has 0 fully saturated rings. The minimum absolute atomic E-state index is 0.108. The van der Waals surface area contributed by atoms with Crippen LogP contribution < -0.4 is 26.6 Å². The molecular formula is C37H43F3N6O4. The molecule has 10 nitrogen and oxygen atoms in total. The number of anilines is 3. The van der Waals surface area contributed by atoms with Crippen molar-refractivity contribution in [3.8, 4) is 0 Å². The first-order valence-electron chi connectivity index (χ1n) is 15.4. The molecule has 0 saturated carbocycles. The molecule has 13 heteroatoms. The maximum absolute atomic E-state index is 12.6. The number of benzene rings is 3. The number of alkyl halides is 3. The Labute approximate surface area is 290 Å². The lowest BCUT2D eigenvalue weighted by Crippen LogP contribution is -2.31. The molecule has 3 aromatic rings. The molecule has 0 unspecified atom stereocenters. The summed E-state index contributed by atoms with van der Waals surface area (Å²) >= 11 is 0. The van der Waals surface area contributed by atoms with Gasteiger partial charge >= 0.3 is 6.18 Å². The van der Waals surface area contributed by atoms with E-state index >= 15 is 0 Å². The largest absolute Gasteiger partial charge is 0.416 e. The monoisotopic (exact) mass is 692 g/mol. The number of allylic oxidation sites excluding steroid dienone is 2. The van der Waals surface area contributed by atoms with E-state index in [0.29, 0.717) is 29.0 Å². The summed E-state index contributed by atoms with van der Waals surface area (Å²) in [5.74, 6) is -0.958.